The van der Waals surface area contributed by atoms with E-state index in [0.29, 0.717) is 10.9 Å². The molecule has 1 rings (SSSR count). The lowest BCUT2D eigenvalue weighted by Crippen LogP contribution is -2.37. The van der Waals surface area contributed by atoms with Gasteiger partial charge >= 0.3 is 6.03 Å². The molecule has 0 radical (unpaired) electrons. The summed E-state index contributed by atoms with van der Waals surface area (Å²) in [5.74, 6) is 5.57. The van der Waals surface area contributed by atoms with Crippen LogP contribution in [0.25, 0.3) is 0 Å². The molecule has 0 bridgehead atoms. The average molecular weight is 274 g/mol. The highest BCUT2D eigenvalue weighted by molar-refractivity contribution is 7.98. The number of nitrogen functional groups attached to an aromatic ring is 1. The summed E-state index contributed by atoms with van der Waals surface area (Å²) in [5, 5.41) is 8.19. The summed E-state index contributed by atoms with van der Waals surface area (Å²) in [7, 11) is 0. The van der Waals surface area contributed by atoms with Gasteiger partial charge in [-0.15, -0.1) is 10.2 Å². The zero-order chi connectivity index (χ0) is 14.5. The third kappa shape index (κ3) is 4.62. The molecule has 0 aromatic carbocycles. The molecule has 2 amide bonds. The first-order valence-corrected chi connectivity index (χ1v) is 6.18. The van der Waals surface area contributed by atoms with Crippen molar-refractivity contribution in [2.75, 3.05) is 12.1 Å². The van der Waals surface area contributed by atoms with E-state index in [0.717, 1.165) is 4.68 Å². The van der Waals surface area contributed by atoms with Crippen LogP contribution in [-0.2, 0) is 5.41 Å². The number of primary amides is 2. The molecule has 0 unspecified atom stereocenters. The molecule has 0 aliphatic heterocycles. The van der Waals surface area contributed by atoms with E-state index in [1.54, 1.807) is 6.26 Å². The quantitative estimate of drug-likeness (QED) is 0.460. The molecule has 18 heavy (non-hydrogen) atoms. The molecule has 0 saturated carbocycles. The maximum Gasteiger partial charge on any atom is 0.309 e. The van der Waals surface area contributed by atoms with Crippen molar-refractivity contribution >= 4 is 17.8 Å². The second kappa shape index (κ2) is 6.24. The molecule has 0 aliphatic carbocycles. The van der Waals surface area contributed by atoms with Gasteiger partial charge in [-0.1, -0.05) is 32.5 Å². The third-order valence-electron chi connectivity index (χ3n) is 1.76. The van der Waals surface area contributed by atoms with Gasteiger partial charge in [0.1, 0.15) is 5.69 Å². The Kier molecular flexibility index (Phi) is 5.63. The first-order valence-electron chi connectivity index (χ1n) is 4.95. The van der Waals surface area contributed by atoms with E-state index in [9.17, 15) is 4.79 Å². The lowest BCUT2D eigenvalue weighted by molar-refractivity contribution is 0.256. The van der Waals surface area contributed by atoms with Gasteiger partial charge in [-0.05, 0) is 6.26 Å². The predicted molar refractivity (Wildman–Crippen MR) is 70.7 cm³/mol. The number of rotatable bonds is 1. The minimum Gasteiger partial charge on any atom is -0.352 e. The standard InChI is InChI=1S/C8H14N4OS.CH4N2O/c1-8(2,3)5-6(13)12(9)7(14-4)11-10-5;2-1(3)4/h9H2,1-4H3;(H4,2,3,4). The number of urea groups is 1. The summed E-state index contributed by atoms with van der Waals surface area (Å²) >= 11 is 1.29. The highest BCUT2D eigenvalue weighted by Gasteiger charge is 2.22. The maximum absolute atomic E-state index is 11.7. The molecule has 1 heterocycles. The van der Waals surface area contributed by atoms with Crippen molar-refractivity contribution in [2.24, 2.45) is 11.5 Å². The molecule has 0 fully saturated rings. The summed E-state index contributed by atoms with van der Waals surface area (Å²) in [4.78, 5) is 20.7. The van der Waals surface area contributed by atoms with Crippen molar-refractivity contribution < 1.29 is 4.79 Å². The number of hydrogen-bond donors (Lipinski definition) is 3. The van der Waals surface area contributed by atoms with Crippen LogP contribution in [0.15, 0.2) is 9.95 Å². The number of hydrogen-bond acceptors (Lipinski definition) is 6. The molecule has 9 heteroatoms. The molecule has 0 aliphatic rings. The van der Waals surface area contributed by atoms with E-state index in [2.05, 4.69) is 21.7 Å². The Morgan fingerprint density at radius 1 is 1.28 bits per heavy atom. The van der Waals surface area contributed by atoms with Crippen molar-refractivity contribution in [3.05, 3.63) is 16.0 Å². The fourth-order valence-corrected chi connectivity index (χ4v) is 1.40. The zero-order valence-corrected chi connectivity index (χ0v) is 11.6. The molecule has 8 nitrogen and oxygen atoms in total. The van der Waals surface area contributed by atoms with Crippen LogP contribution in [0.2, 0.25) is 0 Å². The fourth-order valence-electron chi connectivity index (χ4n) is 0.995. The minimum atomic E-state index is -0.833. The Labute approximate surface area is 109 Å². The van der Waals surface area contributed by atoms with E-state index in [1.165, 1.54) is 11.8 Å². The predicted octanol–water partition coefficient (Wildman–Crippen LogP) is -0.605. The van der Waals surface area contributed by atoms with E-state index in [1.807, 2.05) is 20.8 Å². The average Bonchev–Trinajstić information content (AvgIpc) is 2.19. The smallest absolute Gasteiger partial charge is 0.309 e. The number of nitrogens with two attached hydrogens (primary N) is 3. The largest absolute Gasteiger partial charge is 0.352 e. The van der Waals surface area contributed by atoms with Crippen molar-refractivity contribution in [3.8, 4) is 0 Å². The highest BCUT2D eigenvalue weighted by atomic mass is 32.2. The molecule has 102 valence electrons. The highest BCUT2D eigenvalue weighted by Crippen LogP contribution is 2.16. The topological polar surface area (TPSA) is 143 Å². The van der Waals surface area contributed by atoms with Gasteiger partial charge in [0.2, 0.25) is 5.16 Å². The van der Waals surface area contributed by atoms with E-state index in [-0.39, 0.29) is 11.0 Å². The Balaban J connectivity index is 0.000000631. The van der Waals surface area contributed by atoms with Crippen LogP contribution in [0.3, 0.4) is 0 Å². The van der Waals surface area contributed by atoms with Gasteiger partial charge in [0.05, 0.1) is 0 Å². The van der Waals surface area contributed by atoms with Crippen molar-refractivity contribution in [2.45, 2.75) is 31.3 Å². The van der Waals surface area contributed by atoms with Crippen LogP contribution in [0.4, 0.5) is 4.79 Å². The fraction of sp³-hybridized carbons (Fsp3) is 0.556. The minimum absolute atomic E-state index is 0.281. The van der Waals surface area contributed by atoms with Crippen molar-refractivity contribution in [3.63, 3.8) is 0 Å². The maximum atomic E-state index is 11.7. The molecular weight excluding hydrogens is 256 g/mol. The normalized spacial score (nSPS) is 10.4. The molecule has 1 aromatic rings. The van der Waals surface area contributed by atoms with Crippen LogP contribution in [-0.4, -0.2) is 27.2 Å². The van der Waals surface area contributed by atoms with E-state index < -0.39 is 6.03 Å². The first-order chi connectivity index (χ1) is 8.11. The van der Waals surface area contributed by atoms with E-state index >= 15 is 0 Å². The lowest BCUT2D eigenvalue weighted by Gasteiger charge is -2.16. The van der Waals surface area contributed by atoms with Gasteiger partial charge in [0, 0.05) is 5.41 Å². The SMILES string of the molecule is CSc1nnc(C(C)(C)C)c(=O)n1N.NC(N)=O. The van der Waals surface area contributed by atoms with Crippen LogP contribution >= 0.6 is 11.8 Å². The van der Waals surface area contributed by atoms with Crippen molar-refractivity contribution in [1.82, 2.24) is 14.9 Å². The van der Waals surface area contributed by atoms with Crippen molar-refractivity contribution in [1.29, 1.82) is 0 Å². The van der Waals surface area contributed by atoms with Gasteiger partial charge in [-0.25, -0.2) is 4.79 Å². The van der Waals surface area contributed by atoms with Gasteiger partial charge < -0.3 is 17.3 Å². The number of aromatic nitrogens is 3. The number of nitrogens with zero attached hydrogens (tertiary/aromatic N) is 3. The molecule has 0 atom stereocenters. The third-order valence-corrected chi connectivity index (χ3v) is 2.40. The Bertz CT molecular complexity index is 475. The second-order valence-electron chi connectivity index (χ2n) is 4.36. The molecule has 6 N–H and O–H groups in total. The number of amides is 2. The number of carbonyl (C=O) groups is 1. The zero-order valence-electron chi connectivity index (χ0n) is 10.8. The Morgan fingerprint density at radius 3 is 2.06 bits per heavy atom. The Morgan fingerprint density at radius 2 is 1.72 bits per heavy atom. The molecule has 0 saturated heterocycles. The van der Waals surface area contributed by atoms with Gasteiger partial charge in [0.15, 0.2) is 0 Å². The number of carbonyl (C=O) groups excluding carboxylic acids is 1. The van der Waals surface area contributed by atoms with E-state index in [4.69, 9.17) is 10.6 Å². The lowest BCUT2D eigenvalue weighted by atomic mass is 9.93. The van der Waals surface area contributed by atoms with Crippen LogP contribution in [0, 0.1) is 0 Å². The monoisotopic (exact) mass is 274 g/mol. The van der Waals surface area contributed by atoms with Gasteiger partial charge in [0.25, 0.3) is 5.56 Å². The van der Waals surface area contributed by atoms with Gasteiger partial charge in [-0.3, -0.25) is 4.79 Å². The number of thioether (sulfide) groups is 1. The molecule has 1 aromatic heterocycles. The van der Waals surface area contributed by atoms with Crippen LogP contribution in [0.5, 0.6) is 0 Å². The summed E-state index contributed by atoms with van der Waals surface area (Å²) in [5.41, 5.74) is 8.27. The summed E-state index contributed by atoms with van der Waals surface area (Å²) in [6.45, 7) is 5.70. The van der Waals surface area contributed by atoms with Gasteiger partial charge in [-0.2, -0.15) is 4.68 Å². The van der Waals surface area contributed by atoms with Crippen LogP contribution < -0.4 is 22.9 Å². The summed E-state index contributed by atoms with van der Waals surface area (Å²) in [6.07, 6.45) is 1.80. The first kappa shape index (κ1) is 16.2. The van der Waals surface area contributed by atoms with Crippen LogP contribution in [0.1, 0.15) is 26.5 Å². The summed E-state index contributed by atoms with van der Waals surface area (Å²) in [6, 6.07) is -0.833. The molecule has 0 spiro atoms. The Hall–Kier alpha value is -1.77. The second-order valence-corrected chi connectivity index (χ2v) is 5.14. The summed E-state index contributed by atoms with van der Waals surface area (Å²) < 4.78 is 1.04. The molecular formula is C9H18N6O2S.